The van der Waals surface area contributed by atoms with Gasteiger partial charge in [-0.05, 0) is 43.4 Å². The maximum atomic E-state index is 12.3. The van der Waals surface area contributed by atoms with E-state index in [1.807, 2.05) is 0 Å². The van der Waals surface area contributed by atoms with Gasteiger partial charge in [0, 0.05) is 0 Å². The maximum absolute atomic E-state index is 12.3. The molecule has 4 heteroatoms. The van der Waals surface area contributed by atoms with Crippen molar-refractivity contribution in [1.82, 2.24) is 0 Å². The normalized spacial score (nSPS) is 13.9. The van der Waals surface area contributed by atoms with Crippen LogP contribution in [-0.2, 0) is 9.47 Å². The summed E-state index contributed by atoms with van der Waals surface area (Å²) in [6.07, 6.45) is 20.1. The maximum Gasteiger partial charge on any atom is 0.338 e. The lowest BCUT2D eigenvalue weighted by atomic mass is 10.1. The Morgan fingerprint density at radius 1 is 0.750 bits per heavy atom. The van der Waals surface area contributed by atoms with Crippen molar-refractivity contribution in [3.05, 3.63) is 35.4 Å². The van der Waals surface area contributed by atoms with Gasteiger partial charge in [-0.2, -0.15) is 0 Å². The first-order chi connectivity index (χ1) is 15.7. The highest BCUT2D eigenvalue weighted by Crippen LogP contribution is 2.25. The Morgan fingerprint density at radius 3 is 1.81 bits per heavy atom. The van der Waals surface area contributed by atoms with E-state index in [4.69, 9.17) is 9.47 Å². The van der Waals surface area contributed by atoms with Gasteiger partial charge in [0.2, 0.25) is 0 Å². The molecule has 32 heavy (non-hydrogen) atoms. The summed E-state index contributed by atoms with van der Waals surface area (Å²) in [6.45, 7) is 3.17. The Kier molecular flexibility index (Phi) is 13.8. The molecule has 1 saturated carbocycles. The van der Waals surface area contributed by atoms with Gasteiger partial charge in [0.05, 0.1) is 24.3 Å². The predicted octanol–water partition coefficient (Wildman–Crippen LogP) is 7.89. The van der Waals surface area contributed by atoms with E-state index < -0.39 is 0 Å². The molecule has 0 spiro atoms. The lowest BCUT2D eigenvalue weighted by Gasteiger charge is -2.10. The van der Waals surface area contributed by atoms with Crippen LogP contribution >= 0.6 is 0 Å². The fraction of sp³-hybridized carbons (Fsp3) is 0.714. The molecule has 1 aliphatic rings. The molecule has 1 aromatic carbocycles. The highest BCUT2D eigenvalue weighted by Gasteiger charge is 2.18. The van der Waals surface area contributed by atoms with Crippen molar-refractivity contribution >= 4 is 11.9 Å². The highest BCUT2D eigenvalue weighted by atomic mass is 16.5. The summed E-state index contributed by atoms with van der Waals surface area (Å²) >= 11 is 0. The number of hydrogen-bond acceptors (Lipinski definition) is 4. The van der Waals surface area contributed by atoms with Crippen LogP contribution in [0.5, 0.6) is 0 Å². The van der Waals surface area contributed by atoms with Crippen LogP contribution in [0.4, 0.5) is 0 Å². The van der Waals surface area contributed by atoms with Crippen molar-refractivity contribution < 1.29 is 19.1 Å². The van der Waals surface area contributed by atoms with Crippen LogP contribution in [-0.4, -0.2) is 25.2 Å². The van der Waals surface area contributed by atoms with Crippen molar-refractivity contribution in [2.45, 2.75) is 110 Å². The molecule has 1 aliphatic carbocycles. The van der Waals surface area contributed by atoms with Gasteiger partial charge in [0.15, 0.2) is 0 Å². The lowest BCUT2D eigenvalue weighted by Crippen LogP contribution is -2.13. The molecule has 4 nitrogen and oxygen atoms in total. The summed E-state index contributed by atoms with van der Waals surface area (Å²) in [4.78, 5) is 24.6. The lowest BCUT2D eigenvalue weighted by molar-refractivity contribution is 0.0442. The average molecular weight is 445 g/mol. The Balaban J connectivity index is 1.51. The van der Waals surface area contributed by atoms with E-state index in [0.29, 0.717) is 30.3 Å². The standard InChI is InChI=1S/C28H44O4/c1-2-3-4-5-6-7-8-9-10-11-12-15-21-31-27(29)25-19-16-20-26(22-25)28(30)32-23-24-17-13-14-18-24/h16,19-20,22,24H,2-15,17-18,21,23H2,1H3. The highest BCUT2D eigenvalue weighted by molar-refractivity contribution is 5.95. The second kappa shape index (κ2) is 16.7. The van der Waals surface area contributed by atoms with Gasteiger partial charge in [0.25, 0.3) is 0 Å². The van der Waals surface area contributed by atoms with E-state index in [1.54, 1.807) is 24.3 Å². The zero-order chi connectivity index (χ0) is 22.9. The molecule has 1 fully saturated rings. The molecule has 0 N–H and O–H groups in total. The average Bonchev–Trinajstić information content (AvgIpc) is 3.34. The van der Waals surface area contributed by atoms with Gasteiger partial charge in [-0.25, -0.2) is 9.59 Å². The van der Waals surface area contributed by atoms with Crippen LogP contribution in [0.15, 0.2) is 24.3 Å². The molecule has 2 rings (SSSR count). The van der Waals surface area contributed by atoms with Gasteiger partial charge >= 0.3 is 11.9 Å². The van der Waals surface area contributed by atoms with Crippen LogP contribution in [0.3, 0.4) is 0 Å². The molecule has 0 atom stereocenters. The van der Waals surface area contributed by atoms with Crippen LogP contribution in [0.2, 0.25) is 0 Å². The first-order valence-corrected chi connectivity index (χ1v) is 13.1. The van der Waals surface area contributed by atoms with Crippen molar-refractivity contribution in [3.63, 3.8) is 0 Å². The molecular weight excluding hydrogens is 400 g/mol. The molecule has 180 valence electrons. The van der Waals surface area contributed by atoms with Gasteiger partial charge in [-0.1, -0.05) is 96.5 Å². The summed E-state index contributed by atoms with van der Waals surface area (Å²) in [7, 11) is 0. The Hall–Kier alpha value is -1.84. The molecule has 1 aromatic rings. The van der Waals surface area contributed by atoms with E-state index in [9.17, 15) is 9.59 Å². The minimum Gasteiger partial charge on any atom is -0.462 e. The Morgan fingerprint density at radius 2 is 1.25 bits per heavy atom. The van der Waals surface area contributed by atoms with Crippen molar-refractivity contribution in [1.29, 1.82) is 0 Å². The van der Waals surface area contributed by atoms with Crippen LogP contribution in [0.1, 0.15) is 130 Å². The first kappa shape index (κ1) is 26.4. The molecule has 0 saturated heterocycles. The number of hydrogen-bond donors (Lipinski definition) is 0. The quantitative estimate of drug-likeness (QED) is 0.181. The summed E-state index contributed by atoms with van der Waals surface area (Å²) in [5, 5.41) is 0. The fourth-order valence-electron chi connectivity index (χ4n) is 4.42. The van der Waals surface area contributed by atoms with Gasteiger partial charge < -0.3 is 9.47 Å². The minimum absolute atomic E-state index is 0.354. The van der Waals surface area contributed by atoms with Gasteiger partial charge in [0.1, 0.15) is 0 Å². The number of esters is 2. The Labute approximate surface area is 195 Å². The topological polar surface area (TPSA) is 52.6 Å². The largest absolute Gasteiger partial charge is 0.462 e. The van der Waals surface area contributed by atoms with E-state index in [0.717, 1.165) is 25.7 Å². The molecule has 0 aromatic heterocycles. The monoisotopic (exact) mass is 444 g/mol. The molecule has 0 amide bonds. The number of ether oxygens (including phenoxy) is 2. The summed E-state index contributed by atoms with van der Waals surface area (Å²) in [5.74, 6) is -0.228. The third kappa shape index (κ3) is 11.2. The smallest absolute Gasteiger partial charge is 0.338 e. The van der Waals surface area contributed by atoms with E-state index in [1.165, 1.54) is 77.0 Å². The molecule has 0 heterocycles. The van der Waals surface area contributed by atoms with E-state index >= 15 is 0 Å². The minimum atomic E-state index is -0.362. The van der Waals surface area contributed by atoms with Gasteiger partial charge in [-0.15, -0.1) is 0 Å². The number of benzene rings is 1. The first-order valence-electron chi connectivity index (χ1n) is 13.1. The fourth-order valence-corrected chi connectivity index (χ4v) is 4.42. The molecule has 0 bridgehead atoms. The van der Waals surface area contributed by atoms with Crippen molar-refractivity contribution in [2.24, 2.45) is 5.92 Å². The number of rotatable bonds is 17. The van der Waals surface area contributed by atoms with E-state index in [-0.39, 0.29) is 11.9 Å². The number of unbranched alkanes of at least 4 members (excludes halogenated alkanes) is 11. The predicted molar refractivity (Wildman–Crippen MR) is 130 cm³/mol. The third-order valence-corrected chi connectivity index (χ3v) is 6.49. The summed E-state index contributed by atoms with van der Waals surface area (Å²) < 4.78 is 10.8. The van der Waals surface area contributed by atoms with Crippen molar-refractivity contribution in [2.75, 3.05) is 13.2 Å². The SMILES string of the molecule is CCCCCCCCCCCCCCOC(=O)c1cccc(C(=O)OCC2CCCC2)c1. The zero-order valence-electron chi connectivity index (χ0n) is 20.2. The second-order valence-corrected chi connectivity index (χ2v) is 9.35. The Bertz CT molecular complexity index is 649. The summed E-state index contributed by atoms with van der Waals surface area (Å²) in [6, 6.07) is 6.69. The summed E-state index contributed by atoms with van der Waals surface area (Å²) in [5.41, 5.74) is 0.835. The van der Waals surface area contributed by atoms with Crippen LogP contribution < -0.4 is 0 Å². The third-order valence-electron chi connectivity index (χ3n) is 6.49. The zero-order valence-corrected chi connectivity index (χ0v) is 20.2. The number of carbonyl (C=O) groups excluding carboxylic acids is 2. The molecular formula is C28H44O4. The molecule has 0 unspecified atom stereocenters. The van der Waals surface area contributed by atoms with E-state index in [2.05, 4.69) is 6.92 Å². The van der Waals surface area contributed by atoms with Crippen molar-refractivity contribution in [3.8, 4) is 0 Å². The second-order valence-electron chi connectivity index (χ2n) is 9.35. The van der Waals surface area contributed by atoms with Crippen LogP contribution in [0.25, 0.3) is 0 Å². The van der Waals surface area contributed by atoms with Gasteiger partial charge in [-0.3, -0.25) is 0 Å². The van der Waals surface area contributed by atoms with Crippen LogP contribution in [0, 0.1) is 5.92 Å². The molecule has 0 aliphatic heterocycles. The molecule has 0 radical (unpaired) electrons. The number of carbonyl (C=O) groups is 2.